The highest BCUT2D eigenvalue weighted by atomic mass is 32.1. The van der Waals surface area contributed by atoms with Gasteiger partial charge in [0, 0.05) is 24.1 Å². The Morgan fingerprint density at radius 2 is 2.03 bits per heavy atom. The van der Waals surface area contributed by atoms with Gasteiger partial charge in [-0.15, -0.1) is 11.3 Å². The van der Waals surface area contributed by atoms with Gasteiger partial charge < -0.3 is 19.8 Å². The molecule has 2 N–H and O–H groups in total. The molecule has 2 aliphatic rings. The van der Waals surface area contributed by atoms with Gasteiger partial charge in [-0.05, 0) is 62.3 Å². The summed E-state index contributed by atoms with van der Waals surface area (Å²) in [4.78, 5) is 39.6. The van der Waals surface area contributed by atoms with Crippen molar-refractivity contribution >= 4 is 39.1 Å². The minimum absolute atomic E-state index is 0.0407. The first-order chi connectivity index (χ1) is 15.5. The molecule has 8 heteroatoms. The molecule has 166 valence electrons. The van der Waals surface area contributed by atoms with E-state index in [2.05, 4.69) is 10.6 Å². The molecule has 1 aromatic carbocycles. The number of benzene rings is 1. The molecule has 2 aromatic heterocycles. The van der Waals surface area contributed by atoms with Gasteiger partial charge >= 0.3 is 0 Å². The van der Waals surface area contributed by atoms with E-state index in [9.17, 15) is 14.4 Å². The van der Waals surface area contributed by atoms with Crippen molar-refractivity contribution in [1.29, 1.82) is 0 Å². The van der Waals surface area contributed by atoms with Gasteiger partial charge in [0.05, 0.1) is 17.1 Å². The number of fused-ring (bicyclic) bond motifs is 2. The maximum absolute atomic E-state index is 13.0. The van der Waals surface area contributed by atoms with E-state index in [0.29, 0.717) is 28.1 Å². The monoisotopic (exact) mass is 452 g/mol. The fraction of sp³-hybridized carbons (Fsp3) is 0.375. The molecule has 1 aliphatic carbocycles. The predicted molar refractivity (Wildman–Crippen MR) is 123 cm³/mol. The second-order valence-corrected chi connectivity index (χ2v) is 9.44. The summed E-state index contributed by atoms with van der Waals surface area (Å²) in [5.74, 6) is -0.822. The molecule has 1 fully saturated rings. The topological polar surface area (TPSA) is 97.6 Å². The van der Waals surface area contributed by atoms with Crippen LogP contribution in [0.15, 0.2) is 33.5 Å². The Bertz CT molecular complexity index is 1270. The van der Waals surface area contributed by atoms with Gasteiger partial charge in [0.2, 0.25) is 0 Å². The Morgan fingerprint density at radius 3 is 2.84 bits per heavy atom. The van der Waals surface area contributed by atoms with Gasteiger partial charge in [-0.3, -0.25) is 14.4 Å². The van der Waals surface area contributed by atoms with E-state index in [0.717, 1.165) is 54.7 Å². The number of carbonyl (C=O) groups excluding carboxylic acids is 2. The summed E-state index contributed by atoms with van der Waals surface area (Å²) in [5.41, 5.74) is 2.54. The highest BCUT2D eigenvalue weighted by Gasteiger charge is 2.29. The minimum Gasteiger partial charge on any atom is -0.451 e. The van der Waals surface area contributed by atoms with Crippen LogP contribution in [0.25, 0.3) is 11.0 Å². The smallest absolute Gasteiger partial charge is 0.292 e. The summed E-state index contributed by atoms with van der Waals surface area (Å²) in [6.07, 6.45) is 4.69. The fourth-order valence-corrected chi connectivity index (χ4v) is 5.65. The molecule has 1 atom stereocenters. The Kier molecular flexibility index (Phi) is 5.57. The van der Waals surface area contributed by atoms with Crippen LogP contribution < -0.4 is 16.1 Å². The maximum atomic E-state index is 13.0. The van der Waals surface area contributed by atoms with Gasteiger partial charge in [-0.2, -0.15) is 0 Å². The second-order valence-electron chi connectivity index (χ2n) is 8.34. The lowest BCUT2D eigenvalue weighted by molar-refractivity contribution is 0.0858. The third-order valence-corrected chi connectivity index (χ3v) is 7.21. The van der Waals surface area contributed by atoms with E-state index in [1.165, 1.54) is 17.4 Å². The van der Waals surface area contributed by atoms with E-state index in [1.807, 2.05) is 13.0 Å². The predicted octanol–water partition coefficient (Wildman–Crippen LogP) is 3.81. The molecular weight excluding hydrogens is 428 g/mol. The Morgan fingerprint density at radius 1 is 1.16 bits per heavy atom. The third kappa shape index (κ3) is 3.96. The largest absolute Gasteiger partial charge is 0.451 e. The van der Waals surface area contributed by atoms with Crippen molar-refractivity contribution < 1.29 is 18.7 Å². The number of rotatable bonds is 5. The van der Waals surface area contributed by atoms with Gasteiger partial charge in [0.25, 0.3) is 11.8 Å². The number of thiophene rings is 1. The van der Waals surface area contributed by atoms with Crippen molar-refractivity contribution in [2.24, 2.45) is 0 Å². The Hall–Kier alpha value is -2.97. The van der Waals surface area contributed by atoms with Gasteiger partial charge in [-0.25, -0.2) is 0 Å². The molecule has 0 bridgehead atoms. The van der Waals surface area contributed by atoms with Crippen molar-refractivity contribution in [2.45, 2.75) is 45.1 Å². The van der Waals surface area contributed by atoms with Gasteiger partial charge in [0.15, 0.2) is 11.2 Å². The Balaban J connectivity index is 1.41. The molecule has 0 unspecified atom stereocenters. The first kappa shape index (κ1) is 20.9. The molecule has 2 amide bonds. The summed E-state index contributed by atoms with van der Waals surface area (Å²) < 4.78 is 11.3. The molecule has 1 aliphatic heterocycles. The number of hydrogen-bond donors (Lipinski definition) is 2. The number of carbonyl (C=O) groups is 2. The maximum Gasteiger partial charge on any atom is 0.292 e. The average Bonchev–Trinajstić information content (AvgIpc) is 3.49. The van der Waals surface area contributed by atoms with Crippen LogP contribution in [0, 0.1) is 6.92 Å². The van der Waals surface area contributed by atoms with Crippen LogP contribution in [0.2, 0.25) is 0 Å². The lowest BCUT2D eigenvalue weighted by Crippen LogP contribution is -2.32. The zero-order chi connectivity index (χ0) is 22.2. The number of aryl methyl sites for hydroxylation is 2. The molecule has 5 rings (SSSR count). The van der Waals surface area contributed by atoms with Crippen molar-refractivity contribution in [2.75, 3.05) is 18.5 Å². The molecule has 3 aromatic rings. The summed E-state index contributed by atoms with van der Waals surface area (Å²) in [7, 11) is 0. The van der Waals surface area contributed by atoms with Crippen LogP contribution in [0.3, 0.4) is 0 Å². The van der Waals surface area contributed by atoms with E-state index in [4.69, 9.17) is 9.15 Å². The van der Waals surface area contributed by atoms with Crippen LogP contribution in [0.1, 0.15) is 56.2 Å². The fourth-order valence-electron chi connectivity index (χ4n) is 4.37. The summed E-state index contributed by atoms with van der Waals surface area (Å²) in [6.45, 7) is 3.07. The first-order valence-electron chi connectivity index (χ1n) is 10.9. The quantitative estimate of drug-likeness (QED) is 0.614. The van der Waals surface area contributed by atoms with Crippen LogP contribution in [-0.4, -0.2) is 31.1 Å². The third-order valence-electron chi connectivity index (χ3n) is 6.00. The van der Waals surface area contributed by atoms with Gasteiger partial charge in [0.1, 0.15) is 10.6 Å². The zero-order valence-electron chi connectivity index (χ0n) is 17.8. The van der Waals surface area contributed by atoms with E-state index in [1.54, 1.807) is 12.1 Å². The SMILES string of the molecule is Cc1ccc2c(=O)cc(C(=O)Nc3sc4c(c3C(=O)NC[C@@H]3CCCO3)CCC4)oc2c1. The van der Waals surface area contributed by atoms with Gasteiger partial charge in [-0.1, -0.05) is 6.07 Å². The number of hydrogen-bond acceptors (Lipinski definition) is 6. The first-order valence-corrected chi connectivity index (χ1v) is 11.7. The van der Waals surface area contributed by atoms with E-state index >= 15 is 0 Å². The average molecular weight is 453 g/mol. The number of amides is 2. The number of ether oxygens (including phenoxy) is 1. The molecular formula is C24H24N2O5S. The highest BCUT2D eigenvalue weighted by molar-refractivity contribution is 7.17. The summed E-state index contributed by atoms with van der Waals surface area (Å²) in [6, 6.07) is 6.45. The standard InChI is InChI=1S/C24H24N2O5S/c1-13-7-8-15-17(27)11-19(31-18(15)10-13)22(28)26-24-21(16-5-2-6-20(16)32-24)23(29)25-12-14-4-3-9-30-14/h7-8,10-11,14H,2-6,9,12H2,1H3,(H,25,29)(H,26,28)/t14-/m0/s1. The Labute approximate surface area is 188 Å². The van der Waals surface area contributed by atoms with E-state index in [-0.39, 0.29) is 23.2 Å². The summed E-state index contributed by atoms with van der Waals surface area (Å²) >= 11 is 1.42. The molecule has 32 heavy (non-hydrogen) atoms. The minimum atomic E-state index is -0.543. The van der Waals surface area contributed by atoms with Crippen LogP contribution in [0.5, 0.6) is 0 Å². The van der Waals surface area contributed by atoms with Crippen LogP contribution in [-0.2, 0) is 17.6 Å². The van der Waals surface area contributed by atoms with Crippen molar-refractivity contribution in [1.82, 2.24) is 5.32 Å². The highest BCUT2D eigenvalue weighted by Crippen LogP contribution is 2.39. The molecule has 3 heterocycles. The van der Waals surface area contributed by atoms with Crippen LogP contribution in [0.4, 0.5) is 5.00 Å². The van der Waals surface area contributed by atoms with Crippen molar-refractivity contribution in [3.05, 3.63) is 61.8 Å². The lowest BCUT2D eigenvalue weighted by atomic mass is 10.1. The molecule has 0 radical (unpaired) electrons. The summed E-state index contributed by atoms with van der Waals surface area (Å²) in [5, 5.41) is 6.72. The van der Waals surface area contributed by atoms with Crippen LogP contribution >= 0.6 is 11.3 Å². The zero-order valence-corrected chi connectivity index (χ0v) is 18.6. The molecule has 1 saturated heterocycles. The van der Waals surface area contributed by atoms with E-state index < -0.39 is 5.91 Å². The van der Waals surface area contributed by atoms with Crippen molar-refractivity contribution in [3.8, 4) is 0 Å². The molecule has 0 spiro atoms. The second kappa shape index (κ2) is 8.52. The molecule has 0 saturated carbocycles. The number of anilines is 1. The molecule has 7 nitrogen and oxygen atoms in total. The lowest BCUT2D eigenvalue weighted by Gasteiger charge is -2.12. The normalized spacial score (nSPS) is 17.5. The van der Waals surface area contributed by atoms with Crippen molar-refractivity contribution in [3.63, 3.8) is 0 Å². The number of nitrogens with one attached hydrogen (secondary N) is 2.